The number of pyridine rings is 1. The van der Waals surface area contributed by atoms with Gasteiger partial charge in [0.1, 0.15) is 0 Å². The quantitative estimate of drug-likeness (QED) is 0.627. The van der Waals surface area contributed by atoms with Gasteiger partial charge < -0.3 is 0 Å². The highest BCUT2D eigenvalue weighted by molar-refractivity contribution is 5.28. The van der Waals surface area contributed by atoms with Gasteiger partial charge in [0.25, 0.3) is 0 Å². The molecule has 1 fully saturated rings. The Morgan fingerprint density at radius 2 is 2.50 bits per heavy atom. The lowest BCUT2D eigenvalue weighted by Gasteiger charge is -1.98. The summed E-state index contributed by atoms with van der Waals surface area (Å²) in [5.41, 5.74) is 0.913. The average molecular weight is 158 g/mol. The normalized spacial score (nSPS) is 32.5. The summed E-state index contributed by atoms with van der Waals surface area (Å²) >= 11 is 0. The average Bonchev–Trinajstić information content (AvgIpc) is 2.81. The molecule has 2 heteroatoms. The van der Waals surface area contributed by atoms with Crippen molar-refractivity contribution in [1.82, 2.24) is 4.98 Å². The third kappa shape index (κ3) is 0.984. The zero-order valence-electron chi connectivity index (χ0n) is 6.99. The summed E-state index contributed by atoms with van der Waals surface area (Å²) in [6.07, 6.45) is 2.74. The molecule has 2 rings (SSSR count). The van der Waals surface area contributed by atoms with E-state index in [1.807, 2.05) is 25.1 Å². The molecule has 12 heavy (non-hydrogen) atoms. The Kier molecular flexibility index (Phi) is 1.41. The SMILES string of the molecule is CC1(C#N)CC1c1ccccn1. The lowest BCUT2D eigenvalue weighted by Crippen LogP contribution is -1.94. The van der Waals surface area contributed by atoms with E-state index < -0.39 is 0 Å². The molecule has 0 N–H and O–H groups in total. The molecule has 60 valence electrons. The largest absolute Gasteiger partial charge is 0.261 e. The maximum atomic E-state index is 8.82. The van der Waals surface area contributed by atoms with Crippen LogP contribution in [0, 0.1) is 16.7 Å². The van der Waals surface area contributed by atoms with Crippen LogP contribution in [0.25, 0.3) is 0 Å². The molecular formula is C10H10N2. The molecular weight excluding hydrogens is 148 g/mol. The minimum absolute atomic E-state index is 0.144. The van der Waals surface area contributed by atoms with Gasteiger partial charge in [-0.05, 0) is 25.5 Å². The van der Waals surface area contributed by atoms with Crippen molar-refractivity contribution in [2.45, 2.75) is 19.3 Å². The molecule has 0 bridgehead atoms. The van der Waals surface area contributed by atoms with E-state index in [1.165, 1.54) is 0 Å². The van der Waals surface area contributed by atoms with Gasteiger partial charge >= 0.3 is 0 Å². The van der Waals surface area contributed by atoms with Gasteiger partial charge in [0.15, 0.2) is 0 Å². The molecule has 0 aliphatic heterocycles. The van der Waals surface area contributed by atoms with Crippen molar-refractivity contribution in [3.05, 3.63) is 30.1 Å². The minimum atomic E-state index is -0.144. The fraction of sp³-hybridized carbons (Fsp3) is 0.400. The van der Waals surface area contributed by atoms with Gasteiger partial charge in [-0.15, -0.1) is 0 Å². The highest BCUT2D eigenvalue weighted by Crippen LogP contribution is 2.57. The Morgan fingerprint density at radius 1 is 1.67 bits per heavy atom. The first-order chi connectivity index (χ1) is 5.76. The maximum absolute atomic E-state index is 8.82. The number of hydrogen-bond donors (Lipinski definition) is 0. The lowest BCUT2D eigenvalue weighted by molar-refractivity contribution is 0.717. The van der Waals surface area contributed by atoms with Crippen LogP contribution in [0.1, 0.15) is 25.0 Å². The van der Waals surface area contributed by atoms with Gasteiger partial charge in [0.05, 0.1) is 11.5 Å². The molecule has 2 atom stereocenters. The first-order valence-corrected chi connectivity index (χ1v) is 4.08. The topological polar surface area (TPSA) is 36.7 Å². The van der Waals surface area contributed by atoms with Crippen LogP contribution in [0.3, 0.4) is 0 Å². The van der Waals surface area contributed by atoms with Crippen molar-refractivity contribution in [2.75, 3.05) is 0 Å². The predicted octanol–water partition coefficient (Wildman–Crippen LogP) is 2.10. The van der Waals surface area contributed by atoms with Crippen molar-refractivity contribution in [2.24, 2.45) is 5.41 Å². The summed E-state index contributed by atoms with van der Waals surface area (Å²) in [7, 11) is 0. The molecule has 2 unspecified atom stereocenters. The second-order valence-corrected chi connectivity index (χ2v) is 3.54. The summed E-state index contributed by atoms with van der Waals surface area (Å²) < 4.78 is 0. The third-order valence-electron chi connectivity index (χ3n) is 2.54. The van der Waals surface area contributed by atoms with Crippen LogP contribution in [0.2, 0.25) is 0 Å². The van der Waals surface area contributed by atoms with Crippen LogP contribution in [-0.4, -0.2) is 4.98 Å². The van der Waals surface area contributed by atoms with E-state index in [-0.39, 0.29) is 5.41 Å². The van der Waals surface area contributed by atoms with Crippen molar-refractivity contribution >= 4 is 0 Å². The smallest absolute Gasteiger partial charge is 0.0694 e. The maximum Gasteiger partial charge on any atom is 0.0694 e. The van der Waals surface area contributed by atoms with E-state index in [9.17, 15) is 0 Å². The van der Waals surface area contributed by atoms with E-state index in [0.29, 0.717) is 5.92 Å². The van der Waals surface area contributed by atoms with Crippen LogP contribution in [0.5, 0.6) is 0 Å². The highest BCUT2D eigenvalue weighted by Gasteiger charge is 2.52. The van der Waals surface area contributed by atoms with Gasteiger partial charge in [-0.1, -0.05) is 6.07 Å². The molecule has 1 saturated carbocycles. The summed E-state index contributed by atoms with van der Waals surface area (Å²) in [5, 5.41) is 8.82. The summed E-state index contributed by atoms with van der Waals surface area (Å²) in [4.78, 5) is 4.23. The van der Waals surface area contributed by atoms with E-state index in [4.69, 9.17) is 5.26 Å². The summed E-state index contributed by atoms with van der Waals surface area (Å²) in [6.45, 7) is 1.99. The molecule has 1 heterocycles. The predicted molar refractivity (Wildman–Crippen MR) is 45.3 cm³/mol. The number of nitrogens with zero attached hydrogens (tertiary/aromatic N) is 2. The summed E-state index contributed by atoms with van der Waals surface area (Å²) in [6, 6.07) is 8.19. The van der Waals surface area contributed by atoms with Crippen molar-refractivity contribution in [3.8, 4) is 6.07 Å². The molecule has 1 aromatic rings. The highest BCUT2D eigenvalue weighted by atomic mass is 14.7. The first-order valence-electron chi connectivity index (χ1n) is 4.08. The Morgan fingerprint density at radius 3 is 3.00 bits per heavy atom. The van der Waals surface area contributed by atoms with Gasteiger partial charge in [-0.3, -0.25) is 4.98 Å². The Balaban J connectivity index is 2.23. The van der Waals surface area contributed by atoms with Crippen molar-refractivity contribution in [3.63, 3.8) is 0 Å². The van der Waals surface area contributed by atoms with E-state index in [2.05, 4.69) is 11.1 Å². The minimum Gasteiger partial charge on any atom is -0.261 e. The fourth-order valence-corrected chi connectivity index (χ4v) is 1.50. The second kappa shape index (κ2) is 2.31. The summed E-state index contributed by atoms with van der Waals surface area (Å²) in [5.74, 6) is 0.365. The van der Waals surface area contributed by atoms with Crippen LogP contribution in [-0.2, 0) is 0 Å². The molecule has 0 saturated heterocycles. The third-order valence-corrected chi connectivity index (χ3v) is 2.54. The molecule has 1 aliphatic rings. The molecule has 1 aliphatic carbocycles. The van der Waals surface area contributed by atoms with Gasteiger partial charge in [-0.2, -0.15) is 5.26 Å². The van der Waals surface area contributed by atoms with E-state index in [0.717, 1.165) is 12.1 Å². The second-order valence-electron chi connectivity index (χ2n) is 3.54. The van der Waals surface area contributed by atoms with Gasteiger partial charge in [0.2, 0.25) is 0 Å². The lowest BCUT2D eigenvalue weighted by atomic mass is 10.1. The van der Waals surface area contributed by atoms with Crippen LogP contribution < -0.4 is 0 Å². The molecule has 2 nitrogen and oxygen atoms in total. The first kappa shape index (κ1) is 7.30. The van der Waals surface area contributed by atoms with Crippen LogP contribution >= 0.6 is 0 Å². The fourth-order valence-electron chi connectivity index (χ4n) is 1.50. The number of hydrogen-bond acceptors (Lipinski definition) is 2. The molecule has 1 aromatic heterocycles. The van der Waals surface area contributed by atoms with E-state index >= 15 is 0 Å². The van der Waals surface area contributed by atoms with Gasteiger partial charge in [0, 0.05) is 17.8 Å². The monoisotopic (exact) mass is 158 g/mol. The molecule has 0 radical (unpaired) electrons. The number of aromatic nitrogens is 1. The van der Waals surface area contributed by atoms with Crippen molar-refractivity contribution in [1.29, 1.82) is 5.26 Å². The van der Waals surface area contributed by atoms with Gasteiger partial charge in [-0.25, -0.2) is 0 Å². The molecule has 0 spiro atoms. The zero-order valence-corrected chi connectivity index (χ0v) is 6.99. The Labute approximate surface area is 71.9 Å². The van der Waals surface area contributed by atoms with Crippen molar-refractivity contribution < 1.29 is 0 Å². The molecule has 0 amide bonds. The Hall–Kier alpha value is -1.36. The van der Waals surface area contributed by atoms with Crippen LogP contribution in [0.4, 0.5) is 0 Å². The van der Waals surface area contributed by atoms with Crippen LogP contribution in [0.15, 0.2) is 24.4 Å². The Bertz CT molecular complexity index is 325. The molecule has 0 aromatic carbocycles. The standard InChI is InChI=1S/C10H10N2/c1-10(7-11)6-8(10)9-4-2-3-5-12-9/h2-5,8H,6H2,1H3. The zero-order chi connectivity index (χ0) is 8.60. The number of rotatable bonds is 1. The van der Waals surface area contributed by atoms with E-state index in [1.54, 1.807) is 6.20 Å². The number of nitriles is 1.